The summed E-state index contributed by atoms with van der Waals surface area (Å²) in [6.07, 6.45) is 0.432. The van der Waals surface area contributed by atoms with Gasteiger partial charge in [-0.1, -0.05) is 13.8 Å². The van der Waals surface area contributed by atoms with E-state index in [9.17, 15) is 0 Å². The van der Waals surface area contributed by atoms with E-state index in [0.29, 0.717) is 6.61 Å². The van der Waals surface area contributed by atoms with Crippen LogP contribution in [0.5, 0.6) is 0 Å². The van der Waals surface area contributed by atoms with Gasteiger partial charge < -0.3 is 23.7 Å². The lowest BCUT2D eigenvalue weighted by molar-refractivity contribution is -0.236. The van der Waals surface area contributed by atoms with Gasteiger partial charge in [-0.05, 0) is 34.1 Å². The minimum Gasteiger partial charge on any atom is -0.348 e. The third-order valence-corrected chi connectivity index (χ3v) is 4.77. The summed E-state index contributed by atoms with van der Waals surface area (Å²) < 4.78 is 29.8. The SMILES string of the molecule is CC[C@]1(C)[C@@H](C2COC(C)(C)O2)O[C@@H]2OC(C)(C)O[C@@H]21. The third-order valence-electron chi connectivity index (χ3n) is 4.77. The Balaban J connectivity index is 1.81. The van der Waals surface area contributed by atoms with Gasteiger partial charge in [-0.2, -0.15) is 0 Å². The van der Waals surface area contributed by atoms with E-state index in [1.165, 1.54) is 0 Å². The Morgan fingerprint density at radius 2 is 1.60 bits per heavy atom. The van der Waals surface area contributed by atoms with Crippen molar-refractivity contribution in [2.45, 2.75) is 84.1 Å². The third kappa shape index (κ3) is 2.20. The van der Waals surface area contributed by atoms with Crippen LogP contribution >= 0.6 is 0 Å². The van der Waals surface area contributed by atoms with Gasteiger partial charge >= 0.3 is 0 Å². The Labute approximate surface area is 120 Å². The smallest absolute Gasteiger partial charge is 0.188 e. The molecule has 0 aromatic rings. The molecule has 0 N–H and O–H groups in total. The fourth-order valence-corrected chi connectivity index (χ4v) is 3.52. The second-order valence-electron chi connectivity index (χ2n) is 7.21. The van der Waals surface area contributed by atoms with Crippen molar-refractivity contribution < 1.29 is 23.7 Å². The van der Waals surface area contributed by atoms with Gasteiger partial charge in [-0.15, -0.1) is 0 Å². The summed E-state index contributed by atoms with van der Waals surface area (Å²) in [7, 11) is 0. The van der Waals surface area contributed by atoms with E-state index < -0.39 is 11.6 Å². The van der Waals surface area contributed by atoms with Crippen LogP contribution in [0.3, 0.4) is 0 Å². The van der Waals surface area contributed by atoms with Gasteiger partial charge in [-0.3, -0.25) is 0 Å². The molecule has 3 fully saturated rings. The lowest BCUT2D eigenvalue weighted by Gasteiger charge is -2.36. The Morgan fingerprint density at radius 3 is 2.15 bits per heavy atom. The maximum absolute atomic E-state index is 6.15. The van der Waals surface area contributed by atoms with Crippen molar-refractivity contribution in [3.8, 4) is 0 Å². The van der Waals surface area contributed by atoms with E-state index in [-0.39, 0.29) is 30.0 Å². The van der Waals surface area contributed by atoms with Gasteiger partial charge in [0.15, 0.2) is 17.9 Å². The first-order valence-electron chi connectivity index (χ1n) is 7.50. The molecule has 3 aliphatic heterocycles. The van der Waals surface area contributed by atoms with Crippen LogP contribution in [0, 0.1) is 5.41 Å². The molecule has 0 bridgehead atoms. The first kappa shape index (κ1) is 14.7. The molecule has 0 aliphatic carbocycles. The predicted octanol–water partition coefficient (Wildman–Crippen LogP) is 2.43. The molecule has 0 aromatic heterocycles. The van der Waals surface area contributed by atoms with Crippen molar-refractivity contribution >= 4 is 0 Å². The summed E-state index contributed by atoms with van der Waals surface area (Å²) in [5, 5.41) is 0. The minimum absolute atomic E-state index is 0.0557. The highest BCUT2D eigenvalue weighted by molar-refractivity contribution is 5.04. The zero-order valence-corrected chi connectivity index (χ0v) is 13.3. The number of ether oxygens (including phenoxy) is 5. The maximum atomic E-state index is 6.15. The van der Waals surface area contributed by atoms with Gasteiger partial charge in [0.1, 0.15) is 12.2 Å². The van der Waals surface area contributed by atoms with Crippen molar-refractivity contribution in [2.75, 3.05) is 6.61 Å². The molecule has 0 amide bonds. The molecule has 1 unspecified atom stereocenters. The molecule has 5 atom stereocenters. The quantitative estimate of drug-likeness (QED) is 0.780. The number of hydrogen-bond donors (Lipinski definition) is 0. The van der Waals surface area contributed by atoms with Gasteiger partial charge in [-0.25, -0.2) is 0 Å². The van der Waals surface area contributed by atoms with E-state index >= 15 is 0 Å². The van der Waals surface area contributed by atoms with Gasteiger partial charge in [0.2, 0.25) is 0 Å². The van der Waals surface area contributed by atoms with E-state index in [4.69, 9.17) is 23.7 Å². The van der Waals surface area contributed by atoms with Gasteiger partial charge in [0.05, 0.1) is 12.7 Å². The first-order valence-corrected chi connectivity index (χ1v) is 7.50. The maximum Gasteiger partial charge on any atom is 0.188 e. The first-order chi connectivity index (χ1) is 9.17. The topological polar surface area (TPSA) is 46.2 Å². The lowest BCUT2D eigenvalue weighted by Crippen LogP contribution is -2.46. The minimum atomic E-state index is -0.580. The second-order valence-corrected chi connectivity index (χ2v) is 7.21. The molecule has 3 saturated heterocycles. The van der Waals surface area contributed by atoms with Gasteiger partial charge in [0, 0.05) is 5.41 Å². The Hall–Kier alpha value is -0.200. The summed E-state index contributed by atoms with van der Waals surface area (Å²) >= 11 is 0. The van der Waals surface area contributed by atoms with Crippen LogP contribution < -0.4 is 0 Å². The molecule has 0 radical (unpaired) electrons. The molecule has 0 aromatic carbocycles. The summed E-state index contributed by atoms with van der Waals surface area (Å²) in [5.74, 6) is -1.12. The normalized spacial score (nSPS) is 49.5. The Morgan fingerprint density at radius 1 is 0.900 bits per heavy atom. The monoisotopic (exact) mass is 286 g/mol. The molecule has 3 rings (SSSR count). The van der Waals surface area contributed by atoms with E-state index in [1.54, 1.807) is 0 Å². The van der Waals surface area contributed by atoms with E-state index in [2.05, 4.69) is 13.8 Å². The molecule has 5 heteroatoms. The van der Waals surface area contributed by atoms with Crippen LogP contribution in [0.25, 0.3) is 0 Å². The summed E-state index contributed by atoms with van der Waals surface area (Å²) in [4.78, 5) is 0. The van der Waals surface area contributed by atoms with Crippen molar-refractivity contribution in [2.24, 2.45) is 5.41 Å². The standard InChI is InChI=1S/C15H26O5/c1-7-15(6)10(9-8-16-13(2,3)18-9)17-12-11(15)19-14(4,5)20-12/h9-12H,7-8H2,1-6H3/t9?,10-,11+,12-,15-/m1/s1. The molecule has 0 spiro atoms. The van der Waals surface area contributed by atoms with Crippen molar-refractivity contribution in [1.29, 1.82) is 0 Å². The van der Waals surface area contributed by atoms with Crippen molar-refractivity contribution in [3.63, 3.8) is 0 Å². The Kier molecular flexibility index (Phi) is 3.24. The molecule has 5 nitrogen and oxygen atoms in total. The number of fused-ring (bicyclic) bond motifs is 1. The zero-order chi connectivity index (χ0) is 14.8. The number of rotatable bonds is 2. The highest BCUT2D eigenvalue weighted by atomic mass is 16.8. The average Bonchev–Trinajstić information content (AvgIpc) is 2.91. The van der Waals surface area contributed by atoms with Crippen LogP contribution in [0.1, 0.15) is 48.0 Å². The van der Waals surface area contributed by atoms with Crippen LogP contribution in [0.15, 0.2) is 0 Å². The summed E-state index contributed by atoms with van der Waals surface area (Å²) in [5.41, 5.74) is -0.132. The van der Waals surface area contributed by atoms with E-state index in [1.807, 2.05) is 27.7 Å². The van der Waals surface area contributed by atoms with Crippen LogP contribution in [0.2, 0.25) is 0 Å². The lowest BCUT2D eigenvalue weighted by atomic mass is 9.76. The fourth-order valence-electron chi connectivity index (χ4n) is 3.52. The predicted molar refractivity (Wildman–Crippen MR) is 72.0 cm³/mol. The molecule has 0 saturated carbocycles. The fraction of sp³-hybridized carbons (Fsp3) is 1.00. The number of hydrogen-bond acceptors (Lipinski definition) is 5. The highest BCUT2D eigenvalue weighted by Gasteiger charge is 2.63. The zero-order valence-electron chi connectivity index (χ0n) is 13.3. The highest BCUT2D eigenvalue weighted by Crippen LogP contribution is 2.52. The molecular formula is C15H26O5. The molecule has 3 aliphatic rings. The van der Waals surface area contributed by atoms with Crippen LogP contribution in [0.4, 0.5) is 0 Å². The van der Waals surface area contributed by atoms with Crippen LogP contribution in [-0.4, -0.2) is 42.8 Å². The largest absolute Gasteiger partial charge is 0.348 e. The van der Waals surface area contributed by atoms with Crippen molar-refractivity contribution in [1.82, 2.24) is 0 Å². The van der Waals surface area contributed by atoms with E-state index in [0.717, 1.165) is 6.42 Å². The molecule has 3 heterocycles. The molecule has 20 heavy (non-hydrogen) atoms. The van der Waals surface area contributed by atoms with Gasteiger partial charge in [0.25, 0.3) is 0 Å². The molecule has 116 valence electrons. The second kappa shape index (κ2) is 4.40. The Bertz CT molecular complexity index is 394. The molecular weight excluding hydrogens is 260 g/mol. The summed E-state index contributed by atoms with van der Waals surface area (Å²) in [6, 6.07) is 0. The van der Waals surface area contributed by atoms with Crippen molar-refractivity contribution in [3.05, 3.63) is 0 Å². The average molecular weight is 286 g/mol. The van der Waals surface area contributed by atoms with Crippen LogP contribution in [-0.2, 0) is 23.7 Å². The summed E-state index contributed by atoms with van der Waals surface area (Å²) in [6.45, 7) is 12.6.